The topological polar surface area (TPSA) is 121 Å². The fourth-order valence-corrected chi connectivity index (χ4v) is 6.37. The van der Waals surface area contributed by atoms with Gasteiger partial charge in [-0.3, -0.25) is 14.3 Å². The molecule has 2 aromatic carbocycles. The Morgan fingerprint density at radius 3 is 2.50 bits per heavy atom. The van der Waals surface area contributed by atoms with Crippen LogP contribution in [0.2, 0.25) is 0 Å². The molecule has 1 N–H and O–H groups in total. The van der Waals surface area contributed by atoms with Crippen LogP contribution in [0.5, 0.6) is 17.4 Å². The Balaban J connectivity index is 1.63. The van der Waals surface area contributed by atoms with Gasteiger partial charge in [0, 0.05) is 23.9 Å². The van der Waals surface area contributed by atoms with Crippen molar-refractivity contribution in [3.63, 3.8) is 0 Å². The van der Waals surface area contributed by atoms with Crippen molar-refractivity contribution in [3.05, 3.63) is 88.2 Å². The lowest BCUT2D eigenvalue weighted by Crippen LogP contribution is -2.33. The zero-order chi connectivity index (χ0) is 28.4. The van der Waals surface area contributed by atoms with Crippen LogP contribution in [-0.2, 0) is 16.3 Å². The Kier molecular flexibility index (Phi) is 7.62. The highest BCUT2D eigenvalue weighted by molar-refractivity contribution is 7.91. The number of aryl methyl sites for hydroxylation is 2. The van der Waals surface area contributed by atoms with Gasteiger partial charge in [0.1, 0.15) is 5.82 Å². The Morgan fingerprint density at radius 1 is 1.05 bits per heavy atom. The third-order valence-corrected chi connectivity index (χ3v) is 8.90. The second kappa shape index (κ2) is 11.1. The molecule has 40 heavy (non-hydrogen) atoms. The van der Waals surface area contributed by atoms with Crippen LogP contribution in [0.3, 0.4) is 0 Å². The molecule has 0 amide bonds. The molecule has 2 aromatic heterocycles. The van der Waals surface area contributed by atoms with E-state index in [1.54, 1.807) is 30.5 Å². The molecule has 0 radical (unpaired) electrons. The van der Waals surface area contributed by atoms with E-state index in [1.165, 1.54) is 16.7 Å². The number of benzene rings is 2. The highest BCUT2D eigenvalue weighted by Gasteiger charge is 2.32. The molecule has 9 nitrogen and oxygen atoms in total. The number of rotatable bonds is 9. The molecule has 0 aliphatic carbocycles. The molecule has 5 rings (SSSR count). The lowest BCUT2D eigenvalue weighted by Gasteiger charge is -2.23. The van der Waals surface area contributed by atoms with Gasteiger partial charge in [-0.05, 0) is 61.2 Å². The fraction of sp³-hybridized carbons (Fsp3) is 0.300. The molecule has 10 heteroatoms. The van der Waals surface area contributed by atoms with Crippen molar-refractivity contribution in [2.24, 2.45) is 0 Å². The van der Waals surface area contributed by atoms with E-state index in [-0.39, 0.29) is 11.7 Å². The standard InChI is InChI=1S/C30H31N3O6S/c1-4-6-9-27-32-29(34)28(30(35)33(27)24(5-2)21-12-15-25-26(17-21)39-18-38-25)40(36,37)22-13-10-20(11-14-22)23-8-7-16-31-19(23)3/h7-8,10-17,24,34H,4-6,9,18H2,1-3H3/t24-/m0/s1. The van der Waals surface area contributed by atoms with Crippen molar-refractivity contribution in [3.8, 4) is 28.5 Å². The Hall–Kier alpha value is -4.18. The third-order valence-electron chi connectivity index (χ3n) is 7.11. The summed E-state index contributed by atoms with van der Waals surface area (Å²) >= 11 is 0. The van der Waals surface area contributed by atoms with Crippen molar-refractivity contribution in [1.82, 2.24) is 14.5 Å². The average Bonchev–Trinajstić information content (AvgIpc) is 3.42. The first-order valence-corrected chi connectivity index (χ1v) is 14.8. The number of aromatic nitrogens is 3. The maximum Gasteiger partial charge on any atom is 0.277 e. The van der Waals surface area contributed by atoms with Crippen molar-refractivity contribution >= 4 is 9.84 Å². The summed E-state index contributed by atoms with van der Waals surface area (Å²) in [6.45, 7) is 5.90. The molecule has 0 unspecified atom stereocenters. The Bertz CT molecular complexity index is 1710. The smallest absolute Gasteiger partial charge is 0.277 e. The van der Waals surface area contributed by atoms with Gasteiger partial charge in [0.05, 0.1) is 10.9 Å². The van der Waals surface area contributed by atoms with E-state index in [0.717, 1.165) is 28.8 Å². The second-order valence-electron chi connectivity index (χ2n) is 9.66. The molecule has 0 spiro atoms. The quantitative estimate of drug-likeness (QED) is 0.295. The monoisotopic (exact) mass is 561 g/mol. The number of hydrogen-bond acceptors (Lipinski definition) is 8. The first kappa shape index (κ1) is 27.4. The van der Waals surface area contributed by atoms with E-state index in [2.05, 4.69) is 9.97 Å². The van der Waals surface area contributed by atoms with E-state index in [9.17, 15) is 18.3 Å². The summed E-state index contributed by atoms with van der Waals surface area (Å²) in [4.78, 5) is 21.8. The van der Waals surface area contributed by atoms with E-state index in [0.29, 0.717) is 36.6 Å². The number of ether oxygens (including phenoxy) is 2. The van der Waals surface area contributed by atoms with Gasteiger partial charge in [-0.25, -0.2) is 8.42 Å². The summed E-state index contributed by atoms with van der Waals surface area (Å²) < 4.78 is 40.0. The molecular formula is C30H31N3O6S. The van der Waals surface area contributed by atoms with E-state index >= 15 is 0 Å². The number of nitrogens with zero attached hydrogens (tertiary/aromatic N) is 3. The number of aromatic hydroxyl groups is 1. The predicted molar refractivity (Wildman–Crippen MR) is 150 cm³/mol. The first-order valence-electron chi connectivity index (χ1n) is 13.3. The normalized spacial score (nSPS) is 13.4. The summed E-state index contributed by atoms with van der Waals surface area (Å²) in [5.74, 6) is 0.701. The van der Waals surface area contributed by atoms with Crippen molar-refractivity contribution in [2.75, 3.05) is 6.79 Å². The van der Waals surface area contributed by atoms with Gasteiger partial charge in [-0.1, -0.05) is 44.5 Å². The van der Waals surface area contributed by atoms with E-state index in [1.807, 2.05) is 39.0 Å². The molecule has 0 fully saturated rings. The lowest BCUT2D eigenvalue weighted by atomic mass is 10.0. The molecule has 1 aliphatic heterocycles. The minimum absolute atomic E-state index is 0.111. The largest absolute Gasteiger partial charge is 0.492 e. The SMILES string of the molecule is CCCCc1nc(O)c(S(=O)(=O)c2ccc(-c3cccnc3C)cc2)c(=O)n1[C@@H](CC)c1ccc2c(c1)OCO2. The van der Waals surface area contributed by atoms with Crippen LogP contribution in [0.4, 0.5) is 0 Å². The number of unbranched alkanes of at least 4 members (excludes halogenated alkanes) is 1. The summed E-state index contributed by atoms with van der Waals surface area (Å²) in [5.41, 5.74) is 2.40. The van der Waals surface area contributed by atoms with Crippen LogP contribution in [0.1, 0.15) is 56.2 Å². The molecule has 0 bridgehead atoms. The molecule has 0 saturated carbocycles. The van der Waals surface area contributed by atoms with Gasteiger partial charge in [0.15, 0.2) is 16.4 Å². The van der Waals surface area contributed by atoms with Crippen LogP contribution < -0.4 is 15.0 Å². The summed E-state index contributed by atoms with van der Waals surface area (Å²) in [7, 11) is -4.41. The highest BCUT2D eigenvalue weighted by Crippen LogP contribution is 2.36. The van der Waals surface area contributed by atoms with Crippen LogP contribution in [-0.4, -0.2) is 34.9 Å². The Morgan fingerprint density at radius 2 is 1.80 bits per heavy atom. The molecule has 208 valence electrons. The van der Waals surface area contributed by atoms with Crippen LogP contribution in [0, 0.1) is 6.92 Å². The highest BCUT2D eigenvalue weighted by atomic mass is 32.2. The van der Waals surface area contributed by atoms with Gasteiger partial charge >= 0.3 is 0 Å². The summed E-state index contributed by atoms with van der Waals surface area (Å²) in [5, 5.41) is 10.9. The predicted octanol–water partition coefficient (Wildman–Crippen LogP) is 5.22. The van der Waals surface area contributed by atoms with E-state index in [4.69, 9.17) is 9.47 Å². The minimum atomic E-state index is -4.41. The number of hydrogen-bond donors (Lipinski definition) is 1. The Labute approximate surface area is 233 Å². The van der Waals surface area contributed by atoms with Gasteiger partial charge in [0.2, 0.25) is 22.5 Å². The van der Waals surface area contributed by atoms with Gasteiger partial charge in [0.25, 0.3) is 5.56 Å². The molecular weight excluding hydrogens is 530 g/mol. The zero-order valence-electron chi connectivity index (χ0n) is 22.6. The summed E-state index contributed by atoms with van der Waals surface area (Å²) in [6, 6.07) is 14.8. The maximum atomic E-state index is 14.1. The van der Waals surface area contributed by atoms with Crippen molar-refractivity contribution in [1.29, 1.82) is 0 Å². The molecule has 1 atom stereocenters. The van der Waals surface area contributed by atoms with Gasteiger partial charge < -0.3 is 14.6 Å². The van der Waals surface area contributed by atoms with Crippen LogP contribution in [0.25, 0.3) is 11.1 Å². The molecule has 0 saturated heterocycles. The second-order valence-corrected chi connectivity index (χ2v) is 11.5. The van der Waals surface area contributed by atoms with E-state index < -0.39 is 32.2 Å². The molecule has 1 aliphatic rings. The summed E-state index contributed by atoms with van der Waals surface area (Å²) in [6.07, 6.45) is 4.12. The number of fused-ring (bicyclic) bond motifs is 1. The molecule has 4 aromatic rings. The molecule has 3 heterocycles. The minimum Gasteiger partial charge on any atom is -0.492 e. The third kappa shape index (κ3) is 4.95. The van der Waals surface area contributed by atoms with Crippen molar-refractivity contribution in [2.45, 2.75) is 62.3 Å². The fourth-order valence-electron chi connectivity index (χ4n) is 5.03. The van der Waals surface area contributed by atoms with Crippen LogP contribution >= 0.6 is 0 Å². The van der Waals surface area contributed by atoms with Gasteiger partial charge in [-0.15, -0.1) is 0 Å². The lowest BCUT2D eigenvalue weighted by molar-refractivity contribution is 0.174. The first-order chi connectivity index (χ1) is 19.3. The van der Waals surface area contributed by atoms with Gasteiger partial charge in [-0.2, -0.15) is 4.98 Å². The number of pyridine rings is 1. The van der Waals surface area contributed by atoms with Crippen molar-refractivity contribution < 1.29 is 23.0 Å². The van der Waals surface area contributed by atoms with Crippen LogP contribution in [0.15, 0.2) is 75.4 Å². The average molecular weight is 562 g/mol. The number of sulfone groups is 1. The maximum absolute atomic E-state index is 14.1. The zero-order valence-corrected chi connectivity index (χ0v) is 23.4.